The van der Waals surface area contributed by atoms with Crippen molar-refractivity contribution in [3.05, 3.63) is 25.3 Å². The smallest absolute Gasteiger partial charge is 0.124 e. The van der Waals surface area contributed by atoms with Gasteiger partial charge in [-0.3, -0.25) is 0 Å². The minimum atomic E-state index is 0.0625. The van der Waals surface area contributed by atoms with Crippen LogP contribution in [0.2, 0.25) is 0 Å². The van der Waals surface area contributed by atoms with Crippen molar-refractivity contribution in [1.82, 2.24) is 5.32 Å². The molecule has 0 aliphatic heterocycles. The van der Waals surface area contributed by atoms with Crippen molar-refractivity contribution in [2.75, 3.05) is 13.1 Å². The summed E-state index contributed by atoms with van der Waals surface area (Å²) in [6.07, 6.45) is 5.23. The van der Waals surface area contributed by atoms with Crippen LogP contribution in [0.1, 0.15) is 6.42 Å². The third-order valence-electron chi connectivity index (χ3n) is 1.36. The number of nitrogens with one attached hydrogen (secondary N) is 1. The van der Waals surface area contributed by atoms with E-state index in [9.17, 15) is 4.79 Å². The Kier molecular flexibility index (Phi) is 6.64. The second-order valence-corrected chi connectivity index (χ2v) is 2.37. The van der Waals surface area contributed by atoms with Crippen molar-refractivity contribution in [3.63, 3.8) is 0 Å². The molecule has 0 aromatic rings. The minimum Gasteiger partial charge on any atom is -0.313 e. The highest BCUT2D eigenvalue weighted by atomic mass is 16.1. The van der Waals surface area contributed by atoms with Gasteiger partial charge in [-0.1, -0.05) is 12.2 Å². The van der Waals surface area contributed by atoms with E-state index in [0.717, 1.165) is 19.3 Å². The summed E-state index contributed by atoms with van der Waals surface area (Å²) >= 11 is 0. The zero-order valence-electron chi connectivity index (χ0n) is 6.75. The molecule has 0 spiro atoms. The number of allylic oxidation sites excluding steroid dienone is 1. The lowest BCUT2D eigenvalue weighted by Crippen LogP contribution is -2.23. The van der Waals surface area contributed by atoms with E-state index in [1.807, 2.05) is 0 Å². The van der Waals surface area contributed by atoms with E-state index in [2.05, 4.69) is 18.5 Å². The molecule has 0 rings (SSSR count). The van der Waals surface area contributed by atoms with Crippen LogP contribution in [0.3, 0.4) is 0 Å². The highest BCUT2D eigenvalue weighted by Crippen LogP contribution is 1.96. The van der Waals surface area contributed by atoms with Gasteiger partial charge < -0.3 is 10.1 Å². The molecule has 1 unspecified atom stereocenters. The van der Waals surface area contributed by atoms with E-state index in [-0.39, 0.29) is 5.92 Å². The number of carbonyl (C=O) groups excluding carboxylic acids is 1. The first-order valence-electron chi connectivity index (χ1n) is 3.73. The first-order chi connectivity index (χ1) is 5.35. The Hall–Kier alpha value is -0.890. The average molecular weight is 153 g/mol. The molecular formula is C9H15NO. The maximum atomic E-state index is 10.4. The van der Waals surface area contributed by atoms with Crippen LogP contribution in [0.5, 0.6) is 0 Å². The molecule has 2 nitrogen and oxygen atoms in total. The second kappa shape index (κ2) is 7.22. The van der Waals surface area contributed by atoms with Gasteiger partial charge in [0.2, 0.25) is 0 Å². The van der Waals surface area contributed by atoms with Gasteiger partial charge in [0.25, 0.3) is 0 Å². The van der Waals surface area contributed by atoms with Crippen LogP contribution in [0.15, 0.2) is 25.3 Å². The van der Waals surface area contributed by atoms with Gasteiger partial charge in [-0.15, -0.1) is 13.2 Å². The highest BCUT2D eigenvalue weighted by Gasteiger charge is 2.02. The van der Waals surface area contributed by atoms with Crippen molar-refractivity contribution < 1.29 is 4.79 Å². The third-order valence-corrected chi connectivity index (χ3v) is 1.36. The summed E-state index contributed by atoms with van der Waals surface area (Å²) < 4.78 is 0. The molecule has 0 aromatic heterocycles. The Morgan fingerprint density at radius 2 is 2.09 bits per heavy atom. The van der Waals surface area contributed by atoms with Crippen LogP contribution < -0.4 is 5.32 Å². The Morgan fingerprint density at radius 3 is 2.55 bits per heavy atom. The quantitative estimate of drug-likeness (QED) is 0.338. The first kappa shape index (κ1) is 10.1. The average Bonchev–Trinajstić information content (AvgIpc) is 2.03. The van der Waals surface area contributed by atoms with Crippen LogP contribution in [0, 0.1) is 5.92 Å². The van der Waals surface area contributed by atoms with Crippen molar-refractivity contribution in [2.45, 2.75) is 6.42 Å². The SMILES string of the molecule is C=CCNCC(C=O)CC=C. The van der Waals surface area contributed by atoms with Gasteiger partial charge in [-0.05, 0) is 6.42 Å². The van der Waals surface area contributed by atoms with E-state index in [1.54, 1.807) is 12.2 Å². The molecule has 0 saturated heterocycles. The Bertz CT molecular complexity index is 132. The molecule has 1 N–H and O–H groups in total. The van der Waals surface area contributed by atoms with Crippen LogP contribution in [-0.2, 0) is 4.79 Å². The number of hydrogen-bond acceptors (Lipinski definition) is 2. The monoisotopic (exact) mass is 153 g/mol. The Balaban J connectivity index is 3.42. The lowest BCUT2D eigenvalue weighted by atomic mass is 10.1. The van der Waals surface area contributed by atoms with Crippen molar-refractivity contribution in [1.29, 1.82) is 0 Å². The van der Waals surface area contributed by atoms with Gasteiger partial charge in [0.05, 0.1) is 0 Å². The summed E-state index contributed by atoms with van der Waals surface area (Å²) in [5, 5.41) is 3.07. The van der Waals surface area contributed by atoms with Crippen LogP contribution in [0.25, 0.3) is 0 Å². The van der Waals surface area contributed by atoms with E-state index in [1.165, 1.54) is 0 Å². The number of carbonyl (C=O) groups is 1. The molecule has 0 fully saturated rings. The van der Waals surface area contributed by atoms with Crippen LogP contribution in [0.4, 0.5) is 0 Å². The lowest BCUT2D eigenvalue weighted by Gasteiger charge is -2.06. The highest BCUT2D eigenvalue weighted by molar-refractivity contribution is 5.54. The van der Waals surface area contributed by atoms with Gasteiger partial charge in [-0.25, -0.2) is 0 Å². The molecule has 0 bridgehead atoms. The molecule has 62 valence electrons. The molecule has 1 atom stereocenters. The standard InChI is InChI=1S/C9H15NO/c1-3-5-9(8-11)7-10-6-4-2/h3-4,8-10H,1-2,5-7H2. The fraction of sp³-hybridized carbons (Fsp3) is 0.444. The van der Waals surface area contributed by atoms with E-state index < -0.39 is 0 Å². The maximum Gasteiger partial charge on any atom is 0.124 e. The van der Waals surface area contributed by atoms with E-state index in [4.69, 9.17) is 0 Å². The summed E-state index contributed by atoms with van der Waals surface area (Å²) in [5.41, 5.74) is 0. The zero-order valence-corrected chi connectivity index (χ0v) is 6.75. The Labute approximate surface area is 68.0 Å². The number of hydrogen-bond donors (Lipinski definition) is 1. The van der Waals surface area contributed by atoms with Gasteiger partial charge >= 0.3 is 0 Å². The molecule has 0 radical (unpaired) electrons. The molecule has 0 amide bonds. The minimum absolute atomic E-state index is 0.0625. The van der Waals surface area contributed by atoms with Gasteiger partial charge in [-0.2, -0.15) is 0 Å². The molecule has 0 saturated carbocycles. The van der Waals surface area contributed by atoms with E-state index >= 15 is 0 Å². The fourth-order valence-electron chi connectivity index (χ4n) is 0.772. The molecule has 11 heavy (non-hydrogen) atoms. The first-order valence-corrected chi connectivity index (χ1v) is 3.73. The van der Waals surface area contributed by atoms with Crippen molar-refractivity contribution >= 4 is 6.29 Å². The van der Waals surface area contributed by atoms with Crippen LogP contribution in [-0.4, -0.2) is 19.4 Å². The molecule has 0 aromatic carbocycles. The van der Waals surface area contributed by atoms with E-state index in [0.29, 0.717) is 6.54 Å². The molecule has 0 heterocycles. The molecule has 0 aliphatic carbocycles. The normalized spacial score (nSPS) is 12.0. The predicted octanol–water partition coefficient (Wildman–Crippen LogP) is 1.15. The summed E-state index contributed by atoms with van der Waals surface area (Å²) in [6.45, 7) is 8.59. The zero-order chi connectivity index (χ0) is 8.53. The second-order valence-electron chi connectivity index (χ2n) is 2.37. The molecule has 2 heteroatoms. The predicted molar refractivity (Wildman–Crippen MR) is 47.4 cm³/mol. The van der Waals surface area contributed by atoms with Gasteiger partial charge in [0.15, 0.2) is 0 Å². The number of aldehydes is 1. The van der Waals surface area contributed by atoms with Crippen LogP contribution >= 0.6 is 0 Å². The summed E-state index contributed by atoms with van der Waals surface area (Å²) in [7, 11) is 0. The summed E-state index contributed by atoms with van der Waals surface area (Å²) in [5.74, 6) is 0.0625. The summed E-state index contributed by atoms with van der Waals surface area (Å²) in [6, 6.07) is 0. The maximum absolute atomic E-state index is 10.4. The summed E-state index contributed by atoms with van der Waals surface area (Å²) in [4.78, 5) is 10.4. The third kappa shape index (κ3) is 5.55. The van der Waals surface area contributed by atoms with Crippen molar-refractivity contribution in [2.24, 2.45) is 5.92 Å². The topological polar surface area (TPSA) is 29.1 Å². The molecule has 0 aliphatic rings. The van der Waals surface area contributed by atoms with Gasteiger partial charge in [0, 0.05) is 19.0 Å². The largest absolute Gasteiger partial charge is 0.313 e. The Morgan fingerprint density at radius 1 is 1.36 bits per heavy atom. The lowest BCUT2D eigenvalue weighted by molar-refractivity contribution is -0.110. The number of rotatable bonds is 7. The van der Waals surface area contributed by atoms with Crippen molar-refractivity contribution in [3.8, 4) is 0 Å². The van der Waals surface area contributed by atoms with Gasteiger partial charge in [0.1, 0.15) is 6.29 Å². The molecular weight excluding hydrogens is 138 g/mol. The fourth-order valence-corrected chi connectivity index (χ4v) is 0.772.